The topological polar surface area (TPSA) is 154 Å². The van der Waals surface area contributed by atoms with Crippen molar-refractivity contribution in [2.24, 2.45) is 16.6 Å². The van der Waals surface area contributed by atoms with Crippen molar-refractivity contribution < 1.29 is 60.3 Å². The predicted octanol–water partition coefficient (Wildman–Crippen LogP) is 17.0. The molecule has 0 saturated carbocycles. The maximum atomic E-state index is 13.4. The number of hydrogen-bond donors (Lipinski definition) is 1. The maximum Gasteiger partial charge on any atom is 0.349 e. The van der Waals surface area contributed by atoms with E-state index in [1.165, 1.54) is 26.0 Å². The van der Waals surface area contributed by atoms with Crippen LogP contribution in [0.2, 0.25) is 0 Å². The van der Waals surface area contributed by atoms with Gasteiger partial charge in [0.2, 0.25) is 0 Å². The van der Waals surface area contributed by atoms with Crippen LogP contribution in [0.4, 0.5) is 0 Å². The van der Waals surface area contributed by atoms with Gasteiger partial charge in [0.1, 0.15) is 11.4 Å². The Hall–Kier alpha value is -1.85. The first kappa shape index (κ1) is 74.4. The predicted molar refractivity (Wildman–Crippen MR) is 340 cm³/mol. The molecule has 6 unspecified atom stereocenters. The van der Waals surface area contributed by atoms with Gasteiger partial charge in [-0.1, -0.05) is 80.9 Å². The number of benzene rings is 3. The van der Waals surface area contributed by atoms with E-state index in [2.05, 4.69) is 145 Å². The van der Waals surface area contributed by atoms with Crippen molar-refractivity contribution in [1.29, 1.82) is 0 Å². The molecular formula is C65H113NO13P2S. The van der Waals surface area contributed by atoms with Crippen LogP contribution in [0, 0.1) is 10.8 Å². The van der Waals surface area contributed by atoms with Crippen molar-refractivity contribution >= 4 is 27.3 Å². The molecule has 0 aliphatic carbocycles. The van der Waals surface area contributed by atoms with Crippen molar-refractivity contribution in [2.45, 2.75) is 225 Å². The maximum absolute atomic E-state index is 13.4. The molecule has 6 atom stereocenters. The van der Waals surface area contributed by atoms with Crippen LogP contribution in [0.25, 0.3) is 0 Å². The number of nitrogens with two attached hydrogens (primary N) is 1. The zero-order valence-electron chi connectivity index (χ0n) is 55.0. The number of hydrogen-bond acceptors (Lipinski definition) is 15. The summed E-state index contributed by atoms with van der Waals surface area (Å²) >= 11 is 1.53. The first-order valence-corrected chi connectivity index (χ1v) is 33.9. The molecule has 0 bridgehead atoms. The third-order valence-electron chi connectivity index (χ3n) is 17.3. The summed E-state index contributed by atoms with van der Waals surface area (Å²) in [5.74, 6) is 0. The van der Waals surface area contributed by atoms with Crippen molar-refractivity contribution in [3.8, 4) is 0 Å². The van der Waals surface area contributed by atoms with Crippen molar-refractivity contribution in [1.82, 2.24) is 0 Å². The third kappa shape index (κ3) is 20.9. The van der Waals surface area contributed by atoms with E-state index in [9.17, 15) is 4.57 Å². The van der Waals surface area contributed by atoms with Crippen LogP contribution >= 0.6 is 27.3 Å². The summed E-state index contributed by atoms with van der Waals surface area (Å²) in [7, 11) is 0.910. The van der Waals surface area contributed by atoms with Crippen LogP contribution < -0.4 is 5.73 Å². The van der Waals surface area contributed by atoms with E-state index < -0.39 is 59.6 Å². The van der Waals surface area contributed by atoms with Gasteiger partial charge < -0.3 is 33.7 Å². The van der Waals surface area contributed by atoms with Crippen LogP contribution in [-0.2, 0) is 60.3 Å². The van der Waals surface area contributed by atoms with Crippen molar-refractivity contribution in [2.75, 3.05) is 68.2 Å². The summed E-state index contributed by atoms with van der Waals surface area (Å²) in [5, 5.41) is -1.15. The molecule has 82 heavy (non-hydrogen) atoms. The molecule has 14 nitrogen and oxygen atoms in total. The summed E-state index contributed by atoms with van der Waals surface area (Å²) in [6, 6.07) is 31.1. The smallest absolute Gasteiger partial charge is 0.349 e. The zero-order chi connectivity index (χ0) is 62.1. The number of thioether (sulfide) groups is 1. The molecule has 0 radical (unpaired) electrons. The number of rotatable bonds is 41. The van der Waals surface area contributed by atoms with E-state index >= 15 is 0 Å². The molecule has 0 amide bonds. The van der Waals surface area contributed by atoms with Crippen molar-refractivity contribution in [3.63, 3.8) is 0 Å². The molecule has 2 N–H and O–H groups in total. The van der Waals surface area contributed by atoms with Crippen molar-refractivity contribution in [3.05, 3.63) is 108 Å². The van der Waals surface area contributed by atoms with Gasteiger partial charge in [0, 0.05) is 33.7 Å². The molecule has 0 aromatic heterocycles. The Balaban J connectivity index is 1.98. The fourth-order valence-corrected chi connectivity index (χ4v) is 15.6. The molecule has 0 aliphatic heterocycles. The average molecular weight is 1210 g/mol. The summed E-state index contributed by atoms with van der Waals surface area (Å²) in [5.41, 5.74) is 5.84. The molecule has 3 aromatic rings. The fraction of sp³-hybridized carbons (Fsp3) is 0.723. The van der Waals surface area contributed by atoms with E-state index in [0.29, 0.717) is 51.7 Å². The van der Waals surface area contributed by atoms with E-state index in [1.54, 1.807) is 28.3 Å². The largest absolute Gasteiger partial charge is 0.367 e. The monoisotopic (exact) mass is 1210 g/mol. The Morgan fingerprint density at radius 1 is 0.512 bits per heavy atom. The minimum atomic E-state index is -3.51. The Morgan fingerprint density at radius 3 is 1.27 bits per heavy atom. The van der Waals surface area contributed by atoms with Crippen LogP contribution in [0.5, 0.6) is 0 Å². The van der Waals surface area contributed by atoms with E-state index in [1.807, 2.05) is 62.6 Å². The van der Waals surface area contributed by atoms with Gasteiger partial charge in [-0.2, -0.15) is 0 Å². The number of ether oxygens (including phenoxy) is 7. The van der Waals surface area contributed by atoms with Gasteiger partial charge >= 0.3 is 220 Å². The second-order valence-electron chi connectivity index (χ2n) is 26.4. The van der Waals surface area contributed by atoms with Crippen LogP contribution in [0.1, 0.15) is 198 Å². The van der Waals surface area contributed by atoms with Gasteiger partial charge in [0.05, 0.1) is 35.6 Å². The van der Waals surface area contributed by atoms with Gasteiger partial charge in [0.25, 0.3) is 0 Å². The summed E-state index contributed by atoms with van der Waals surface area (Å²) < 4.78 is 89.8. The first-order valence-electron chi connectivity index (χ1n) is 29.4. The molecule has 0 heterocycles. The standard InChI is InChI=1S/C65H113NO13P2S/c1-24-73-54(50-35-28-25-29-36-50)45-59(6,7)75-48-53(77-61(10,11)47-56(52-39-32-27-33-40-52)79-62(12,13)57(2,3)41-34-42-64(16,66)80(67,68-18)69-19)49-76-60(8,9)46-55(51-37-30-26-31-38-51)78-63(14,15)58(4,5)43-44-74-65(17,82-23)81(70-20,71-21)72-22/h25-33,35-40,53-56,81H,24,34,41-49,66H2,1-23H3. The normalized spacial score (nSPS) is 17.0. The molecule has 17 heteroatoms. The van der Waals surface area contributed by atoms with Gasteiger partial charge in [0.15, 0.2) is 0 Å². The Morgan fingerprint density at radius 2 is 0.890 bits per heavy atom. The summed E-state index contributed by atoms with van der Waals surface area (Å²) in [6.45, 7) is 37.5. The second-order valence-corrected chi connectivity index (χ2v) is 34.0. The van der Waals surface area contributed by atoms with Crippen LogP contribution in [0.3, 0.4) is 0 Å². The Kier molecular flexibility index (Phi) is 28.5. The Bertz CT molecular complexity index is 2320. The molecule has 0 aliphatic rings. The second kappa shape index (κ2) is 31.4. The molecular weight excluding hydrogens is 1100 g/mol. The quantitative estimate of drug-likeness (QED) is 0.0423. The van der Waals surface area contributed by atoms with Gasteiger partial charge in [-0.3, -0.25) is 4.57 Å². The third-order valence-corrected chi connectivity index (χ3v) is 24.9. The molecule has 0 spiro atoms. The molecule has 0 fully saturated rings. The molecule has 0 saturated heterocycles. The summed E-state index contributed by atoms with van der Waals surface area (Å²) in [6.07, 6.45) is 4.93. The van der Waals surface area contributed by atoms with E-state index in [4.69, 9.17) is 61.5 Å². The molecule has 472 valence electrons. The first-order chi connectivity index (χ1) is 37.9. The zero-order valence-corrected chi connectivity index (χ0v) is 57.7. The van der Waals surface area contributed by atoms with E-state index in [-0.39, 0.29) is 42.4 Å². The Labute approximate surface area is 502 Å². The molecule has 3 aromatic carbocycles. The fourth-order valence-electron chi connectivity index (χ4n) is 10.4. The minimum absolute atomic E-state index is 0.156. The SMILES string of the molecule is CCOC(CC(C)(C)OCC(COC(C)(C)CC(OC(C)(C)C(C)(C)CCOC(C)(SC)[PH](OC)(OC)OC)c1ccccc1)OC(C)(C)CC(OC(C)(C)C(C)(C)CCCC(C)(N)P(=O)(OC)OC)c1ccccc1)c1ccccc1. The van der Waals surface area contributed by atoms with Gasteiger partial charge in [-0.15, -0.1) is 0 Å². The summed E-state index contributed by atoms with van der Waals surface area (Å²) in [4.78, 5) is 0. The average Bonchev–Trinajstić information content (AvgIpc) is 3.63. The van der Waals surface area contributed by atoms with Crippen LogP contribution in [-0.4, -0.2) is 112 Å². The van der Waals surface area contributed by atoms with Gasteiger partial charge in [-0.25, -0.2) is 0 Å². The van der Waals surface area contributed by atoms with Crippen LogP contribution in [0.15, 0.2) is 91.0 Å². The molecule has 3 rings (SSSR count). The van der Waals surface area contributed by atoms with Gasteiger partial charge in [-0.05, 0) is 84.8 Å². The van der Waals surface area contributed by atoms with E-state index in [0.717, 1.165) is 23.1 Å². The minimum Gasteiger partial charge on any atom is -0.367 e.